The van der Waals surface area contributed by atoms with Gasteiger partial charge in [0.15, 0.2) is 5.96 Å². The molecular formula is C40H69N13O15. The van der Waals surface area contributed by atoms with Crippen LogP contribution in [-0.2, 0) is 57.5 Å². The van der Waals surface area contributed by atoms with Crippen LogP contribution in [0, 0.1) is 11.8 Å². The third-order valence-electron chi connectivity index (χ3n) is 9.61. The van der Waals surface area contributed by atoms with Crippen molar-refractivity contribution < 1.29 is 72.9 Å². The van der Waals surface area contributed by atoms with Crippen molar-refractivity contribution in [1.29, 1.82) is 0 Å². The molecule has 0 saturated heterocycles. The molecule has 0 spiro atoms. The first-order valence-corrected chi connectivity index (χ1v) is 21.6. The van der Waals surface area contributed by atoms with Crippen LogP contribution in [0.2, 0.25) is 0 Å². The molecule has 9 amide bonds. The highest BCUT2D eigenvalue weighted by atomic mass is 16.4. The average molecular weight is 972 g/mol. The van der Waals surface area contributed by atoms with Crippen molar-refractivity contribution in [2.24, 2.45) is 34.0 Å². The van der Waals surface area contributed by atoms with E-state index in [1.807, 2.05) is 0 Å². The molecule has 0 saturated carbocycles. The molecule has 0 unspecified atom stereocenters. The summed E-state index contributed by atoms with van der Waals surface area (Å²) in [6, 6.07) is -12.3. The van der Waals surface area contributed by atoms with E-state index in [0.717, 1.165) is 0 Å². The van der Waals surface area contributed by atoms with E-state index in [1.54, 1.807) is 27.7 Å². The van der Waals surface area contributed by atoms with Crippen molar-refractivity contribution in [3.63, 3.8) is 0 Å². The number of guanidine groups is 1. The molecule has 0 radical (unpaired) electrons. The number of carbonyl (C=O) groups is 12. The maximum absolute atomic E-state index is 13.5. The van der Waals surface area contributed by atoms with Crippen LogP contribution in [0.4, 0.5) is 0 Å². The summed E-state index contributed by atoms with van der Waals surface area (Å²) in [5.41, 5.74) is 16.2. The lowest BCUT2D eigenvalue weighted by atomic mass is 10.0. The Balaban J connectivity index is 5.77. The topological polar surface area (TPSA) is 464 Å². The molecular weight excluding hydrogens is 903 g/mol. The van der Waals surface area contributed by atoms with Gasteiger partial charge in [-0.1, -0.05) is 27.7 Å². The van der Waals surface area contributed by atoms with Gasteiger partial charge in [0.2, 0.25) is 53.2 Å². The summed E-state index contributed by atoms with van der Waals surface area (Å²) in [7, 11) is 0. The standard InChI is InChI=1S/C40H69N13O15/c1-17(2)14-25(51-32(60)21(7)48-38(66)30(18(3)4)53-33(61)19(5)46-27(54)16-45-34(62)23(41)11-12-28(55)56)36(64)47-20(6)31(59)52-26(15-29(57)58)37(65)50-24(10-9-13-44-40(42)43)35(63)49-22(8)39(67)68/h17-26,30H,9-16,41H2,1-8H3,(H,45,62)(H,46,54)(H,47,64)(H,48,66)(H,49,63)(H,50,65)(H,51,60)(H,52,59)(H,53,61)(H,55,56)(H,57,58)(H,67,68)(H4,42,43,44)/t19-,20-,21-,22-,23-,24-,25-,26-,30-/m0/s1. The highest BCUT2D eigenvalue weighted by molar-refractivity contribution is 5.98. The van der Waals surface area contributed by atoms with Crippen molar-refractivity contribution >= 4 is 77.0 Å². The molecule has 0 aliphatic rings. The van der Waals surface area contributed by atoms with E-state index in [2.05, 4.69) is 52.8 Å². The third kappa shape index (κ3) is 24.4. The van der Waals surface area contributed by atoms with Gasteiger partial charge in [0.25, 0.3) is 0 Å². The zero-order valence-corrected chi connectivity index (χ0v) is 39.4. The monoisotopic (exact) mass is 972 g/mol. The van der Waals surface area contributed by atoms with Crippen LogP contribution in [0.5, 0.6) is 0 Å². The second-order valence-corrected chi connectivity index (χ2v) is 16.7. The number of nitrogens with zero attached hydrogens (tertiary/aromatic N) is 1. The summed E-state index contributed by atoms with van der Waals surface area (Å²) in [4.78, 5) is 155. The van der Waals surface area contributed by atoms with Crippen LogP contribution >= 0.6 is 0 Å². The quantitative estimate of drug-likeness (QED) is 0.0175. The van der Waals surface area contributed by atoms with Gasteiger partial charge in [0.1, 0.15) is 48.3 Å². The molecule has 28 heteroatoms. The number of carboxylic acids is 3. The van der Waals surface area contributed by atoms with Crippen LogP contribution in [0.15, 0.2) is 4.99 Å². The highest BCUT2D eigenvalue weighted by Gasteiger charge is 2.34. The molecule has 0 aromatic rings. The fraction of sp³-hybridized carbons (Fsp3) is 0.675. The predicted molar refractivity (Wildman–Crippen MR) is 240 cm³/mol. The Hall–Kier alpha value is -7.13. The van der Waals surface area contributed by atoms with Crippen molar-refractivity contribution in [3.05, 3.63) is 0 Å². The second kappa shape index (κ2) is 30.2. The van der Waals surface area contributed by atoms with Gasteiger partial charge >= 0.3 is 17.9 Å². The summed E-state index contributed by atoms with van der Waals surface area (Å²) in [5, 5.41) is 48.7. The van der Waals surface area contributed by atoms with Gasteiger partial charge in [-0.15, -0.1) is 0 Å². The van der Waals surface area contributed by atoms with Crippen LogP contribution in [0.1, 0.15) is 93.9 Å². The summed E-state index contributed by atoms with van der Waals surface area (Å²) in [6.45, 7) is 11.1. The largest absolute Gasteiger partial charge is 0.481 e. The zero-order valence-electron chi connectivity index (χ0n) is 39.4. The summed E-state index contributed by atoms with van der Waals surface area (Å²) in [5.74, 6) is -13.1. The van der Waals surface area contributed by atoms with E-state index < -0.39 is 144 Å². The minimum Gasteiger partial charge on any atom is -0.481 e. The molecule has 0 aromatic carbocycles. The van der Waals surface area contributed by atoms with Crippen LogP contribution in [0.3, 0.4) is 0 Å². The normalized spacial score (nSPS) is 14.9. The molecule has 0 bridgehead atoms. The van der Waals surface area contributed by atoms with Gasteiger partial charge in [0, 0.05) is 13.0 Å². The van der Waals surface area contributed by atoms with Crippen molar-refractivity contribution in [2.45, 2.75) is 148 Å². The Bertz CT molecular complexity index is 1860. The molecule has 68 heavy (non-hydrogen) atoms. The molecule has 0 fully saturated rings. The molecule has 0 aliphatic heterocycles. The molecule has 0 rings (SSSR count). The number of hydrogen-bond acceptors (Lipinski definition) is 14. The van der Waals surface area contributed by atoms with Crippen LogP contribution in [-0.4, -0.2) is 160 Å². The first kappa shape index (κ1) is 60.9. The summed E-state index contributed by atoms with van der Waals surface area (Å²) >= 11 is 0. The number of rotatable bonds is 31. The number of aliphatic carboxylic acids is 3. The molecule has 0 aliphatic carbocycles. The SMILES string of the molecule is CC(C)C[C@H](NC(=O)[C@H](C)NC(=O)[C@@H](NC(=O)[C@H](C)NC(=O)CNC(=O)[C@@H](N)CCC(=O)O)C(C)C)C(=O)N[C@@H](C)C(=O)N[C@@H](CC(=O)O)C(=O)N[C@@H](CCCN=C(N)N)C(=O)N[C@@H](C)C(=O)O. The van der Waals surface area contributed by atoms with E-state index >= 15 is 0 Å². The number of aliphatic imine (C=N–C) groups is 1. The maximum atomic E-state index is 13.5. The first-order valence-electron chi connectivity index (χ1n) is 21.6. The van der Waals surface area contributed by atoms with Crippen LogP contribution < -0.4 is 65.1 Å². The fourth-order valence-electron chi connectivity index (χ4n) is 5.73. The highest BCUT2D eigenvalue weighted by Crippen LogP contribution is 2.09. The smallest absolute Gasteiger partial charge is 0.325 e. The van der Waals surface area contributed by atoms with Crippen molar-refractivity contribution in [1.82, 2.24) is 47.9 Å². The lowest BCUT2D eigenvalue weighted by Crippen LogP contribution is -2.60. The van der Waals surface area contributed by atoms with Gasteiger partial charge < -0.3 is 80.4 Å². The first-order chi connectivity index (χ1) is 31.5. The predicted octanol–water partition coefficient (Wildman–Crippen LogP) is -5.43. The number of hydrogen-bond donors (Lipinski definition) is 15. The van der Waals surface area contributed by atoms with E-state index in [-0.39, 0.29) is 50.5 Å². The molecule has 0 aromatic heterocycles. The van der Waals surface area contributed by atoms with Gasteiger partial charge in [-0.25, -0.2) is 0 Å². The number of nitrogens with two attached hydrogens (primary N) is 3. The molecule has 28 nitrogen and oxygen atoms in total. The van der Waals surface area contributed by atoms with E-state index in [9.17, 15) is 67.7 Å². The van der Waals surface area contributed by atoms with E-state index in [1.165, 1.54) is 27.7 Å². The van der Waals surface area contributed by atoms with Gasteiger partial charge in [-0.3, -0.25) is 62.5 Å². The number of carboxylic acid groups (broad SMARTS) is 3. The number of nitrogens with one attached hydrogen (secondary N) is 9. The molecule has 384 valence electrons. The third-order valence-corrected chi connectivity index (χ3v) is 9.61. The van der Waals surface area contributed by atoms with Crippen molar-refractivity contribution in [3.8, 4) is 0 Å². The summed E-state index contributed by atoms with van der Waals surface area (Å²) in [6.07, 6.45) is -1.51. The lowest BCUT2D eigenvalue weighted by Gasteiger charge is -2.27. The maximum Gasteiger partial charge on any atom is 0.325 e. The van der Waals surface area contributed by atoms with Gasteiger partial charge in [0.05, 0.1) is 19.0 Å². The van der Waals surface area contributed by atoms with Gasteiger partial charge in [-0.05, 0) is 65.2 Å². The Morgan fingerprint density at radius 2 is 0.985 bits per heavy atom. The average Bonchev–Trinajstić information content (AvgIpc) is 3.22. The lowest BCUT2D eigenvalue weighted by molar-refractivity contribution is -0.143. The Morgan fingerprint density at radius 3 is 1.49 bits per heavy atom. The van der Waals surface area contributed by atoms with Gasteiger partial charge in [-0.2, -0.15) is 0 Å². The number of carbonyl (C=O) groups excluding carboxylic acids is 9. The molecule has 18 N–H and O–H groups in total. The van der Waals surface area contributed by atoms with Crippen LogP contribution in [0.25, 0.3) is 0 Å². The molecule has 9 atom stereocenters. The summed E-state index contributed by atoms with van der Waals surface area (Å²) < 4.78 is 0. The Morgan fingerprint density at radius 1 is 0.515 bits per heavy atom. The zero-order chi connectivity index (χ0) is 52.6. The fourth-order valence-corrected chi connectivity index (χ4v) is 5.73. The minimum atomic E-state index is -1.80. The van der Waals surface area contributed by atoms with E-state index in [0.29, 0.717) is 0 Å². The Kier molecular flexibility index (Phi) is 27.0. The Labute approximate surface area is 392 Å². The van der Waals surface area contributed by atoms with E-state index in [4.69, 9.17) is 22.3 Å². The van der Waals surface area contributed by atoms with Crippen molar-refractivity contribution in [2.75, 3.05) is 13.1 Å². The minimum absolute atomic E-state index is 0.0156. The molecule has 0 heterocycles. The second-order valence-electron chi connectivity index (χ2n) is 16.7. The number of amides is 9.